The molecule has 0 aromatic rings. The predicted octanol–water partition coefficient (Wildman–Crippen LogP) is 1.28. The van der Waals surface area contributed by atoms with Crippen molar-refractivity contribution in [2.75, 3.05) is 7.11 Å². The molecule has 206 valence electrons. The summed E-state index contributed by atoms with van der Waals surface area (Å²) in [5.41, 5.74) is -0.259. The molecular formula is C25H42N2O9. The topological polar surface area (TPSA) is 164 Å². The lowest BCUT2D eigenvalue weighted by Gasteiger charge is -2.28. The summed E-state index contributed by atoms with van der Waals surface area (Å²) in [5.74, 6) is -1.39. The molecule has 0 aromatic heterocycles. The maximum atomic E-state index is 12.8. The fourth-order valence-electron chi connectivity index (χ4n) is 4.20. The van der Waals surface area contributed by atoms with Gasteiger partial charge in [0.25, 0.3) is 5.91 Å². The zero-order chi connectivity index (χ0) is 26.9. The Morgan fingerprint density at radius 1 is 1.00 bits per heavy atom. The molecule has 11 heteroatoms. The number of methoxy groups -OCH3 is 1. The molecule has 1 saturated heterocycles. The minimum atomic E-state index is -1.76. The lowest BCUT2D eigenvalue weighted by Crippen LogP contribution is -2.56. The normalized spacial score (nSPS) is 25.2. The van der Waals surface area contributed by atoms with E-state index in [-0.39, 0.29) is 17.9 Å². The van der Waals surface area contributed by atoms with Gasteiger partial charge in [0, 0.05) is 13.5 Å². The smallest absolute Gasteiger partial charge is 0.431 e. The molecule has 1 aliphatic heterocycles. The van der Waals surface area contributed by atoms with Crippen LogP contribution < -0.4 is 10.6 Å². The Morgan fingerprint density at radius 3 is 2.28 bits per heavy atom. The van der Waals surface area contributed by atoms with Gasteiger partial charge in [-0.2, -0.15) is 0 Å². The number of hydrogen-bond acceptors (Lipinski definition) is 9. The second-order valence-electron chi connectivity index (χ2n) is 10.6. The van der Waals surface area contributed by atoms with Gasteiger partial charge in [-0.1, -0.05) is 39.3 Å². The summed E-state index contributed by atoms with van der Waals surface area (Å²) < 4.78 is 15.7. The van der Waals surface area contributed by atoms with Crippen LogP contribution in [0.1, 0.15) is 72.1 Å². The number of aliphatic hydroxyl groups excluding tert-OH is 3. The van der Waals surface area contributed by atoms with Gasteiger partial charge in [-0.3, -0.25) is 9.59 Å². The summed E-state index contributed by atoms with van der Waals surface area (Å²) in [6, 6.07) is -0.965. The van der Waals surface area contributed by atoms with Gasteiger partial charge in [0.2, 0.25) is 5.91 Å². The van der Waals surface area contributed by atoms with E-state index in [2.05, 4.69) is 10.6 Å². The number of amides is 2. The Balaban J connectivity index is 1.89. The van der Waals surface area contributed by atoms with Crippen molar-refractivity contribution in [3.8, 4) is 0 Å². The Labute approximate surface area is 212 Å². The van der Waals surface area contributed by atoms with Crippen molar-refractivity contribution in [2.45, 2.75) is 115 Å². The highest BCUT2D eigenvalue weighted by Gasteiger charge is 2.38. The number of carbonyl (C=O) groups is 3. The van der Waals surface area contributed by atoms with Crippen LogP contribution in [0.15, 0.2) is 12.2 Å². The molecule has 6 atom stereocenters. The van der Waals surface area contributed by atoms with Crippen molar-refractivity contribution in [1.82, 2.24) is 10.6 Å². The van der Waals surface area contributed by atoms with Crippen LogP contribution in [0.3, 0.4) is 0 Å². The molecule has 36 heavy (non-hydrogen) atoms. The first-order valence-electron chi connectivity index (χ1n) is 12.7. The van der Waals surface area contributed by atoms with E-state index in [9.17, 15) is 29.7 Å². The largest absolute Gasteiger partial charge is 0.510 e. The molecule has 2 fully saturated rings. The Kier molecular flexibility index (Phi) is 11.6. The quantitative estimate of drug-likeness (QED) is 0.225. The summed E-state index contributed by atoms with van der Waals surface area (Å²) in [5, 5.41) is 36.1. The molecule has 1 aliphatic carbocycles. The number of carbonyl (C=O) groups excluding carboxylic acids is 3. The van der Waals surface area contributed by atoms with E-state index in [0.29, 0.717) is 12.8 Å². The first-order valence-corrected chi connectivity index (χ1v) is 12.7. The van der Waals surface area contributed by atoms with E-state index in [0.717, 1.165) is 32.1 Å². The zero-order valence-electron chi connectivity index (χ0n) is 21.6. The summed E-state index contributed by atoms with van der Waals surface area (Å²) in [6.07, 6.45) is 0.502. The molecule has 11 nitrogen and oxygen atoms in total. The van der Waals surface area contributed by atoms with Crippen molar-refractivity contribution in [3.63, 3.8) is 0 Å². The average Bonchev–Trinajstić information content (AvgIpc) is 2.97. The molecule has 0 bridgehead atoms. The van der Waals surface area contributed by atoms with Crippen molar-refractivity contribution in [3.05, 3.63) is 12.2 Å². The van der Waals surface area contributed by atoms with Crippen LogP contribution in [-0.4, -0.2) is 83.2 Å². The van der Waals surface area contributed by atoms with Crippen LogP contribution in [-0.2, 0) is 23.8 Å². The minimum Gasteiger partial charge on any atom is -0.431 e. The van der Waals surface area contributed by atoms with Crippen LogP contribution in [0, 0.1) is 5.41 Å². The van der Waals surface area contributed by atoms with E-state index in [1.165, 1.54) is 13.2 Å². The Hall–Kier alpha value is -2.21. The molecule has 1 saturated carbocycles. The molecule has 2 rings (SSSR count). The van der Waals surface area contributed by atoms with Crippen molar-refractivity contribution in [2.24, 2.45) is 5.41 Å². The van der Waals surface area contributed by atoms with Crippen LogP contribution in [0.2, 0.25) is 0 Å². The Morgan fingerprint density at radius 2 is 1.67 bits per heavy atom. The number of nitrogens with one attached hydrogen (secondary N) is 2. The molecular weight excluding hydrogens is 472 g/mol. The molecule has 2 aliphatic rings. The van der Waals surface area contributed by atoms with Crippen molar-refractivity contribution in [1.29, 1.82) is 0 Å². The van der Waals surface area contributed by atoms with E-state index < -0.39 is 54.7 Å². The van der Waals surface area contributed by atoms with E-state index in [1.807, 2.05) is 20.8 Å². The van der Waals surface area contributed by atoms with Gasteiger partial charge in [-0.05, 0) is 43.9 Å². The number of allylic oxidation sites excluding steroid dienone is 1. The van der Waals surface area contributed by atoms with Crippen LogP contribution in [0.4, 0.5) is 4.79 Å². The highest BCUT2D eigenvalue weighted by atomic mass is 16.7. The third kappa shape index (κ3) is 9.68. The first kappa shape index (κ1) is 30.0. The van der Waals surface area contributed by atoms with Gasteiger partial charge in [0.05, 0.1) is 0 Å². The molecule has 1 heterocycles. The van der Waals surface area contributed by atoms with Gasteiger partial charge in [0.15, 0.2) is 12.3 Å². The van der Waals surface area contributed by atoms with Gasteiger partial charge in [-0.25, -0.2) is 4.79 Å². The third-order valence-electron chi connectivity index (χ3n) is 6.26. The van der Waals surface area contributed by atoms with Crippen molar-refractivity contribution >= 4 is 18.0 Å². The van der Waals surface area contributed by atoms with E-state index >= 15 is 0 Å². The maximum Gasteiger partial charge on any atom is 0.510 e. The fourth-order valence-corrected chi connectivity index (χ4v) is 4.20. The molecule has 6 unspecified atom stereocenters. The highest BCUT2D eigenvalue weighted by Crippen LogP contribution is 2.22. The first-order chi connectivity index (χ1) is 16.9. The standard InChI is InChI=1S/C25H42N2O9/c1-25(2,3)14-13-17(28)19(29)20(30)21(34-4)23(32)26-16-11-8-12-18(27-22(16)31)36-24(33)35-15-9-6-5-7-10-15/h13-21,28-30H,5-12H2,1-4H3,(H,26,32)(H,27,31)/b14-13+. The molecule has 0 radical (unpaired) electrons. The van der Waals surface area contributed by atoms with Crippen LogP contribution in [0.25, 0.3) is 0 Å². The number of rotatable bonds is 9. The summed E-state index contributed by atoms with van der Waals surface area (Å²) in [4.78, 5) is 37.6. The van der Waals surface area contributed by atoms with E-state index in [1.54, 1.807) is 6.08 Å². The molecule has 0 spiro atoms. The summed E-state index contributed by atoms with van der Waals surface area (Å²) >= 11 is 0. The van der Waals surface area contributed by atoms with Gasteiger partial charge in [-0.15, -0.1) is 0 Å². The van der Waals surface area contributed by atoms with E-state index in [4.69, 9.17) is 14.2 Å². The Bertz CT molecular complexity index is 761. The third-order valence-corrected chi connectivity index (χ3v) is 6.26. The number of aliphatic hydroxyl groups is 3. The SMILES string of the molecule is COC(C(=O)NC1CCCC(OC(=O)OC2CCCCC2)NC1=O)C(O)C(O)C(O)/C=C/C(C)(C)C. The second-order valence-corrected chi connectivity index (χ2v) is 10.6. The number of hydrogen-bond donors (Lipinski definition) is 5. The second kappa shape index (κ2) is 13.9. The minimum absolute atomic E-state index is 0.171. The van der Waals surface area contributed by atoms with Crippen LogP contribution >= 0.6 is 0 Å². The molecule has 2 amide bonds. The van der Waals surface area contributed by atoms with Gasteiger partial charge in [0.1, 0.15) is 30.5 Å². The van der Waals surface area contributed by atoms with Crippen molar-refractivity contribution < 1.29 is 43.9 Å². The lowest BCUT2D eigenvalue weighted by molar-refractivity contribution is -0.151. The summed E-state index contributed by atoms with van der Waals surface area (Å²) in [6.45, 7) is 5.70. The predicted molar refractivity (Wildman–Crippen MR) is 130 cm³/mol. The fraction of sp³-hybridized carbons (Fsp3) is 0.800. The zero-order valence-corrected chi connectivity index (χ0v) is 21.6. The lowest BCUT2D eigenvalue weighted by atomic mass is 9.94. The van der Waals surface area contributed by atoms with Gasteiger partial charge >= 0.3 is 6.16 Å². The average molecular weight is 515 g/mol. The maximum absolute atomic E-state index is 12.8. The molecule has 0 aromatic carbocycles. The van der Waals surface area contributed by atoms with Gasteiger partial charge < -0.3 is 40.2 Å². The number of ether oxygens (including phenoxy) is 3. The highest BCUT2D eigenvalue weighted by molar-refractivity contribution is 5.90. The van der Waals surface area contributed by atoms with Crippen LogP contribution in [0.5, 0.6) is 0 Å². The summed E-state index contributed by atoms with van der Waals surface area (Å²) in [7, 11) is 1.17. The molecule has 5 N–H and O–H groups in total. The monoisotopic (exact) mass is 514 g/mol.